The number of nitrogens with two attached hydrogens (primary N) is 1. The maximum absolute atomic E-state index is 5.92. The Morgan fingerprint density at radius 2 is 1.81 bits per heavy atom. The predicted molar refractivity (Wildman–Crippen MR) is 87.3 cm³/mol. The number of ether oxygens (including phenoxy) is 1. The van der Waals surface area contributed by atoms with Gasteiger partial charge in [-0.25, -0.2) is 0 Å². The minimum atomic E-state index is 0.126. The second kappa shape index (κ2) is 7.81. The van der Waals surface area contributed by atoms with Crippen molar-refractivity contribution in [3.05, 3.63) is 65.7 Å². The Bertz CT molecular complexity index is 540. The van der Waals surface area contributed by atoms with Crippen molar-refractivity contribution in [2.45, 2.75) is 32.5 Å². The maximum Gasteiger partial charge on any atom is 0.120 e. The molecule has 0 aliphatic heterocycles. The normalized spacial score (nSPS) is 12.4. The number of nitrogens with one attached hydrogen (secondary N) is 1. The molecule has 0 bridgehead atoms. The van der Waals surface area contributed by atoms with E-state index in [0.717, 1.165) is 17.9 Å². The molecule has 0 spiro atoms. The van der Waals surface area contributed by atoms with Gasteiger partial charge in [0, 0.05) is 19.1 Å². The van der Waals surface area contributed by atoms with E-state index in [1.165, 1.54) is 5.56 Å². The molecule has 3 nitrogen and oxygen atoms in total. The first-order valence-corrected chi connectivity index (χ1v) is 7.43. The Balaban J connectivity index is 2.03. The van der Waals surface area contributed by atoms with Crippen LogP contribution >= 0.6 is 0 Å². The molecule has 0 saturated heterocycles. The summed E-state index contributed by atoms with van der Waals surface area (Å²) in [6.45, 7) is 5.41. The molecule has 0 aromatic heterocycles. The zero-order chi connectivity index (χ0) is 15.1. The van der Waals surface area contributed by atoms with Gasteiger partial charge in [0.2, 0.25) is 0 Å². The highest BCUT2D eigenvalue weighted by atomic mass is 16.5. The van der Waals surface area contributed by atoms with Gasteiger partial charge in [-0.15, -0.1) is 0 Å². The van der Waals surface area contributed by atoms with Crippen molar-refractivity contribution in [3.8, 4) is 5.75 Å². The summed E-state index contributed by atoms with van der Waals surface area (Å²) in [6.07, 6.45) is 0.175. The van der Waals surface area contributed by atoms with E-state index in [1.807, 2.05) is 44.2 Å². The molecule has 0 aliphatic rings. The quantitative estimate of drug-likeness (QED) is 0.820. The highest BCUT2D eigenvalue weighted by Gasteiger charge is 2.10. The lowest BCUT2D eigenvalue weighted by Gasteiger charge is -2.19. The summed E-state index contributed by atoms with van der Waals surface area (Å²) in [6, 6.07) is 18.6. The number of rotatable bonds is 7. The predicted octanol–water partition coefficient (Wildman–Crippen LogP) is 3.26. The van der Waals surface area contributed by atoms with Crippen LogP contribution in [0.5, 0.6) is 5.75 Å². The summed E-state index contributed by atoms with van der Waals surface area (Å²) in [7, 11) is 0. The zero-order valence-electron chi connectivity index (χ0n) is 12.8. The molecule has 3 N–H and O–H groups in total. The third-order valence-corrected chi connectivity index (χ3v) is 3.26. The van der Waals surface area contributed by atoms with Crippen molar-refractivity contribution >= 4 is 0 Å². The van der Waals surface area contributed by atoms with Crippen LogP contribution in [0.15, 0.2) is 54.6 Å². The van der Waals surface area contributed by atoms with Gasteiger partial charge in [-0.05, 0) is 37.1 Å². The topological polar surface area (TPSA) is 47.3 Å². The molecule has 0 fully saturated rings. The summed E-state index contributed by atoms with van der Waals surface area (Å²) >= 11 is 0. The van der Waals surface area contributed by atoms with Gasteiger partial charge in [0.25, 0.3) is 0 Å². The second-order valence-electron chi connectivity index (χ2n) is 5.39. The van der Waals surface area contributed by atoms with Crippen LogP contribution < -0.4 is 15.8 Å². The molecule has 2 aromatic carbocycles. The van der Waals surface area contributed by atoms with Gasteiger partial charge in [0.1, 0.15) is 5.75 Å². The molecule has 0 radical (unpaired) electrons. The monoisotopic (exact) mass is 284 g/mol. The van der Waals surface area contributed by atoms with E-state index in [0.29, 0.717) is 6.54 Å². The molecule has 112 valence electrons. The molecule has 1 atom stereocenters. The molecule has 2 rings (SSSR count). The van der Waals surface area contributed by atoms with Crippen molar-refractivity contribution in [1.82, 2.24) is 5.32 Å². The van der Waals surface area contributed by atoms with Crippen molar-refractivity contribution in [2.75, 3.05) is 6.54 Å². The lowest BCUT2D eigenvalue weighted by atomic mass is 10.1. The highest BCUT2D eigenvalue weighted by molar-refractivity contribution is 5.31. The van der Waals surface area contributed by atoms with Crippen molar-refractivity contribution < 1.29 is 4.74 Å². The molecule has 0 aliphatic carbocycles. The Kier molecular flexibility index (Phi) is 5.78. The fourth-order valence-electron chi connectivity index (χ4n) is 2.25. The molecule has 1 unspecified atom stereocenters. The molecule has 0 heterocycles. The van der Waals surface area contributed by atoms with Gasteiger partial charge in [-0.3, -0.25) is 0 Å². The van der Waals surface area contributed by atoms with Crippen molar-refractivity contribution in [1.29, 1.82) is 0 Å². The molecule has 0 saturated carbocycles. The van der Waals surface area contributed by atoms with E-state index in [9.17, 15) is 0 Å². The first-order chi connectivity index (χ1) is 10.2. The fourth-order valence-corrected chi connectivity index (χ4v) is 2.25. The summed E-state index contributed by atoms with van der Waals surface area (Å²) < 4.78 is 5.74. The van der Waals surface area contributed by atoms with Gasteiger partial charge >= 0.3 is 0 Å². The fraction of sp³-hybridized carbons (Fsp3) is 0.333. The summed E-state index contributed by atoms with van der Waals surface area (Å²) in [5.74, 6) is 0.891. The van der Waals surface area contributed by atoms with Gasteiger partial charge in [-0.2, -0.15) is 0 Å². The largest absolute Gasteiger partial charge is 0.491 e. The molecule has 3 heteroatoms. The standard InChI is InChI=1S/C18H24N2O/c1-14(2)21-17-10-6-9-16(11-17)18(12-19)20-13-15-7-4-3-5-8-15/h3-11,14,18,20H,12-13,19H2,1-2H3. The van der Waals surface area contributed by atoms with E-state index >= 15 is 0 Å². The molecule has 2 aromatic rings. The van der Waals surface area contributed by atoms with E-state index < -0.39 is 0 Å². The zero-order valence-corrected chi connectivity index (χ0v) is 12.8. The smallest absolute Gasteiger partial charge is 0.120 e. The van der Waals surface area contributed by atoms with Crippen LogP contribution in [0.2, 0.25) is 0 Å². The number of benzene rings is 2. The summed E-state index contributed by atoms with van der Waals surface area (Å²) in [5.41, 5.74) is 8.33. The average molecular weight is 284 g/mol. The van der Waals surface area contributed by atoms with Crippen LogP contribution in [0.25, 0.3) is 0 Å². The van der Waals surface area contributed by atoms with E-state index in [4.69, 9.17) is 10.5 Å². The first kappa shape index (κ1) is 15.5. The van der Waals surface area contributed by atoms with Gasteiger partial charge < -0.3 is 15.8 Å². The van der Waals surface area contributed by atoms with Crippen LogP contribution in [0.1, 0.15) is 31.0 Å². The van der Waals surface area contributed by atoms with E-state index in [2.05, 4.69) is 29.6 Å². The minimum Gasteiger partial charge on any atom is -0.491 e. The third-order valence-electron chi connectivity index (χ3n) is 3.26. The molecular weight excluding hydrogens is 260 g/mol. The maximum atomic E-state index is 5.92. The van der Waals surface area contributed by atoms with Crippen molar-refractivity contribution in [3.63, 3.8) is 0 Å². The first-order valence-electron chi connectivity index (χ1n) is 7.43. The minimum absolute atomic E-state index is 0.126. The average Bonchev–Trinajstić information content (AvgIpc) is 2.49. The van der Waals surface area contributed by atoms with E-state index in [1.54, 1.807) is 0 Å². The number of hydrogen-bond donors (Lipinski definition) is 2. The third kappa shape index (κ3) is 4.88. The van der Waals surface area contributed by atoms with Crippen LogP contribution in [0.4, 0.5) is 0 Å². The van der Waals surface area contributed by atoms with Gasteiger partial charge in [0.05, 0.1) is 6.10 Å². The Hall–Kier alpha value is -1.84. The summed E-state index contributed by atoms with van der Waals surface area (Å²) in [4.78, 5) is 0. The Morgan fingerprint density at radius 3 is 2.48 bits per heavy atom. The van der Waals surface area contributed by atoms with Gasteiger partial charge in [0.15, 0.2) is 0 Å². The number of hydrogen-bond acceptors (Lipinski definition) is 3. The van der Waals surface area contributed by atoms with E-state index in [-0.39, 0.29) is 12.1 Å². The van der Waals surface area contributed by atoms with Crippen LogP contribution in [0.3, 0.4) is 0 Å². The molecular formula is C18H24N2O. The molecule has 21 heavy (non-hydrogen) atoms. The Labute approximate surface area is 127 Å². The van der Waals surface area contributed by atoms with Crippen LogP contribution in [0, 0.1) is 0 Å². The van der Waals surface area contributed by atoms with Crippen LogP contribution in [-0.2, 0) is 6.54 Å². The Morgan fingerprint density at radius 1 is 1.05 bits per heavy atom. The summed E-state index contributed by atoms with van der Waals surface area (Å²) in [5, 5.41) is 3.50. The lowest BCUT2D eigenvalue weighted by Crippen LogP contribution is -2.27. The highest BCUT2D eigenvalue weighted by Crippen LogP contribution is 2.20. The molecule has 0 amide bonds. The lowest BCUT2D eigenvalue weighted by molar-refractivity contribution is 0.242. The van der Waals surface area contributed by atoms with Crippen LogP contribution in [-0.4, -0.2) is 12.6 Å². The SMILES string of the molecule is CC(C)Oc1cccc(C(CN)NCc2ccccc2)c1. The second-order valence-corrected chi connectivity index (χ2v) is 5.39. The van der Waals surface area contributed by atoms with Gasteiger partial charge in [-0.1, -0.05) is 42.5 Å². The van der Waals surface area contributed by atoms with Crippen molar-refractivity contribution in [2.24, 2.45) is 5.73 Å².